The fourth-order valence-corrected chi connectivity index (χ4v) is 0. The molecule has 11 heteroatoms. The first-order chi connectivity index (χ1) is 0. The van der Waals surface area contributed by atoms with E-state index in [1.165, 1.54) is 0 Å². The zero-order chi connectivity index (χ0) is 0. The van der Waals surface area contributed by atoms with Crippen LogP contribution in [-0.4, -0.2) is 0 Å². The molecule has 0 aliphatic carbocycles. The van der Waals surface area contributed by atoms with Crippen molar-refractivity contribution >= 4 is 0 Å². The first-order valence-corrected chi connectivity index (χ1v) is 0. The van der Waals surface area contributed by atoms with Gasteiger partial charge in [0.05, 0.1) is 0 Å². The molecule has 0 unspecified atom stereocenters. The SMILES string of the molecule is [Gd+3].[Gd+3].[Hf+4].[Hf+4].[O-2].[O-2].[O-2].[O-2].[O-2].[O-2].[O-2]. The molecule has 0 bridgehead atoms. The van der Waals surface area contributed by atoms with Crippen molar-refractivity contribution < 1.29 is 170 Å². The Morgan fingerprint density at radius 3 is 0.273 bits per heavy atom. The molecule has 0 aromatic carbocycles. The van der Waals surface area contributed by atoms with E-state index in [1.54, 1.807) is 0 Å². The largest absolute Gasteiger partial charge is 4.00 e. The van der Waals surface area contributed by atoms with Gasteiger partial charge in [-0.3, -0.25) is 0 Å². The molecule has 0 fully saturated rings. The van der Waals surface area contributed by atoms with Crippen molar-refractivity contribution in [2.45, 2.75) is 0 Å². The molecule has 0 heterocycles. The van der Waals surface area contributed by atoms with Crippen molar-refractivity contribution in [1.29, 1.82) is 0 Å². The third-order valence-electron chi connectivity index (χ3n) is 0. The molecule has 0 aromatic rings. The van der Waals surface area contributed by atoms with Gasteiger partial charge in [0.2, 0.25) is 0 Å². The molecule has 0 saturated heterocycles. The van der Waals surface area contributed by atoms with Crippen molar-refractivity contribution in [3.63, 3.8) is 0 Å². The molecule has 0 rings (SSSR count). The maximum absolute atomic E-state index is 0. The summed E-state index contributed by atoms with van der Waals surface area (Å²) in [7, 11) is 0. The summed E-state index contributed by atoms with van der Waals surface area (Å²) in [6, 6.07) is 0. The minimum absolute atomic E-state index is 0. The van der Waals surface area contributed by atoms with Gasteiger partial charge in [0, 0.05) is 0 Å². The summed E-state index contributed by atoms with van der Waals surface area (Å²) in [6.45, 7) is 0. The van der Waals surface area contributed by atoms with Gasteiger partial charge in [0.15, 0.2) is 0 Å². The second-order valence-corrected chi connectivity index (χ2v) is 0. The topological polar surface area (TPSA) is 200 Å². The van der Waals surface area contributed by atoms with Crippen LogP contribution >= 0.6 is 0 Å². The summed E-state index contributed by atoms with van der Waals surface area (Å²) in [4.78, 5) is 0. The summed E-state index contributed by atoms with van der Waals surface area (Å²) in [5, 5.41) is 0. The molecule has 2 radical (unpaired) electrons. The Morgan fingerprint density at radius 2 is 0.273 bits per heavy atom. The van der Waals surface area contributed by atoms with Crippen molar-refractivity contribution in [3.8, 4) is 0 Å². The van der Waals surface area contributed by atoms with Crippen LogP contribution in [0.2, 0.25) is 0 Å². The van der Waals surface area contributed by atoms with E-state index in [0.717, 1.165) is 0 Å². The Balaban J connectivity index is 0. The fourth-order valence-electron chi connectivity index (χ4n) is 0. The standard InChI is InChI=1S/2Gd.2Hf.7O/q2*+3;2*+4;7*-2. The summed E-state index contributed by atoms with van der Waals surface area (Å²) in [5.41, 5.74) is 0. The van der Waals surface area contributed by atoms with Crippen LogP contribution in [0.4, 0.5) is 0 Å². The van der Waals surface area contributed by atoms with Gasteiger partial charge >= 0.3 is 132 Å². The van der Waals surface area contributed by atoms with E-state index in [0.29, 0.717) is 0 Å². The molecule has 0 aliphatic heterocycles. The monoisotopic (exact) mass is 788 g/mol. The summed E-state index contributed by atoms with van der Waals surface area (Å²) >= 11 is 0. The van der Waals surface area contributed by atoms with Gasteiger partial charge in [-0.1, -0.05) is 0 Å². The van der Waals surface area contributed by atoms with E-state index in [4.69, 9.17) is 0 Å². The average Bonchev–Trinajstić information content (AvgIpc) is 0. The van der Waals surface area contributed by atoms with Gasteiger partial charge in [-0.25, -0.2) is 0 Å². The molecule has 0 aliphatic rings. The molecular weight excluding hydrogens is 783 g/mol. The molecule has 11 heavy (non-hydrogen) atoms. The summed E-state index contributed by atoms with van der Waals surface area (Å²) in [5.74, 6) is 0. The van der Waals surface area contributed by atoms with Crippen molar-refractivity contribution in [1.82, 2.24) is 0 Å². The second kappa shape index (κ2) is 144. The van der Waals surface area contributed by atoms with Gasteiger partial charge in [-0.2, -0.15) is 0 Å². The maximum atomic E-state index is 0. The van der Waals surface area contributed by atoms with Crippen molar-refractivity contribution in [2.24, 2.45) is 0 Å². The van der Waals surface area contributed by atoms with E-state index in [9.17, 15) is 0 Å². The van der Waals surface area contributed by atoms with Crippen LogP contribution < -0.4 is 0 Å². The van der Waals surface area contributed by atoms with Crippen molar-refractivity contribution in [3.05, 3.63) is 0 Å². The Morgan fingerprint density at radius 1 is 0.273 bits per heavy atom. The zero-order valence-electron chi connectivity index (χ0n) is 4.56. The minimum atomic E-state index is 0. The molecule has 0 N–H and O–H groups in total. The molecule has 0 amide bonds. The Bertz CT molecular complexity index is 14.4. The molecule has 7 nitrogen and oxygen atoms in total. The van der Waals surface area contributed by atoms with Crippen LogP contribution in [0.5, 0.6) is 0 Å². The van der Waals surface area contributed by atoms with Gasteiger partial charge < -0.3 is 38.3 Å². The number of hydrogen-bond donors (Lipinski definition) is 0. The molecule has 66 valence electrons. The first kappa shape index (κ1) is 178. The minimum Gasteiger partial charge on any atom is -2.00 e. The van der Waals surface area contributed by atoms with Gasteiger partial charge in [-0.05, 0) is 0 Å². The molecule has 0 atom stereocenters. The quantitative estimate of drug-likeness (QED) is 0.277. The van der Waals surface area contributed by atoms with Crippen LogP contribution in [-0.2, 0) is 90.0 Å². The third-order valence-corrected chi connectivity index (χ3v) is 0. The van der Waals surface area contributed by atoms with Crippen LogP contribution in [0, 0.1) is 79.9 Å². The predicted octanol–water partition coefficient (Wildman–Crippen LogP) is -0.837. The molecule has 0 aromatic heterocycles. The molecular formula is Gd2Hf2O7. The van der Waals surface area contributed by atoms with Crippen LogP contribution in [0.1, 0.15) is 0 Å². The zero-order valence-corrected chi connectivity index (χ0v) is 16.3. The van der Waals surface area contributed by atoms with Crippen molar-refractivity contribution in [2.75, 3.05) is 0 Å². The Hall–Kier alpha value is 4.11. The van der Waals surface area contributed by atoms with E-state index < -0.39 is 0 Å². The molecule has 0 spiro atoms. The van der Waals surface area contributed by atoms with Gasteiger partial charge in [-0.15, -0.1) is 0 Å². The average molecular weight is 783 g/mol. The third kappa shape index (κ3) is 123. The number of hydrogen-bond acceptors (Lipinski definition) is 0. The smallest absolute Gasteiger partial charge is 2.00 e. The summed E-state index contributed by atoms with van der Waals surface area (Å²) < 4.78 is 0. The van der Waals surface area contributed by atoms with E-state index in [2.05, 4.69) is 0 Å². The Kier molecular flexibility index (Phi) is 2320. The fraction of sp³-hybridized carbons (Fsp3) is 0. The van der Waals surface area contributed by atoms with E-state index >= 15 is 0 Å². The Labute approximate surface area is 166 Å². The second-order valence-electron chi connectivity index (χ2n) is 0. The predicted molar refractivity (Wildman–Crippen MR) is 4.81 cm³/mol. The molecule has 0 saturated carbocycles. The van der Waals surface area contributed by atoms with Crippen LogP contribution in [0.15, 0.2) is 0 Å². The van der Waals surface area contributed by atoms with Crippen LogP contribution in [0.3, 0.4) is 0 Å². The van der Waals surface area contributed by atoms with E-state index in [-0.39, 0.29) is 170 Å². The first-order valence-electron chi connectivity index (χ1n) is 0. The van der Waals surface area contributed by atoms with Crippen LogP contribution in [0.25, 0.3) is 0 Å². The van der Waals surface area contributed by atoms with Gasteiger partial charge in [0.25, 0.3) is 0 Å². The summed E-state index contributed by atoms with van der Waals surface area (Å²) in [6.07, 6.45) is 0. The van der Waals surface area contributed by atoms with Gasteiger partial charge in [0.1, 0.15) is 0 Å². The normalized spacial score (nSPS) is 0. The van der Waals surface area contributed by atoms with E-state index in [1.807, 2.05) is 0 Å². The number of rotatable bonds is 0. The maximum Gasteiger partial charge on any atom is 4.00 e.